The third kappa shape index (κ3) is 3.99. The Morgan fingerprint density at radius 1 is 1.17 bits per heavy atom. The number of thioether (sulfide) groups is 1. The standard InChI is InChI=1S/C22H19FN4O2S/c1-13-7-9-15(10-8-13)27-21(29)20-18(11-14(2)24-20)26-22(27)30-12-19(28)25-17-6-4-3-5-16(17)23/h3-11,24H,12H2,1-2H3,(H,25,28). The second kappa shape index (κ2) is 8.16. The maximum Gasteiger partial charge on any atom is 0.283 e. The number of aromatic nitrogens is 3. The second-order valence-electron chi connectivity index (χ2n) is 6.90. The smallest absolute Gasteiger partial charge is 0.283 e. The van der Waals surface area contributed by atoms with E-state index in [1.54, 1.807) is 18.2 Å². The minimum atomic E-state index is -0.505. The predicted octanol–water partition coefficient (Wildman–Crippen LogP) is 4.20. The van der Waals surface area contributed by atoms with Gasteiger partial charge in [-0.1, -0.05) is 41.6 Å². The van der Waals surface area contributed by atoms with E-state index < -0.39 is 5.82 Å². The van der Waals surface area contributed by atoms with Crippen LogP contribution in [0.15, 0.2) is 64.5 Å². The molecule has 6 nitrogen and oxygen atoms in total. The highest BCUT2D eigenvalue weighted by molar-refractivity contribution is 7.99. The average Bonchev–Trinajstić information content (AvgIpc) is 3.10. The van der Waals surface area contributed by atoms with Crippen LogP contribution in [-0.4, -0.2) is 26.2 Å². The van der Waals surface area contributed by atoms with Crippen LogP contribution >= 0.6 is 11.8 Å². The number of anilines is 1. The number of carbonyl (C=O) groups is 1. The normalized spacial score (nSPS) is 11.0. The molecule has 0 fully saturated rings. The number of hydrogen-bond donors (Lipinski definition) is 2. The molecule has 30 heavy (non-hydrogen) atoms. The minimum Gasteiger partial charge on any atom is -0.353 e. The topological polar surface area (TPSA) is 79.8 Å². The number of carbonyl (C=O) groups excluding carboxylic acids is 1. The number of para-hydroxylation sites is 1. The number of amides is 1. The van der Waals surface area contributed by atoms with Crippen molar-refractivity contribution in [1.29, 1.82) is 0 Å². The molecule has 4 aromatic rings. The quantitative estimate of drug-likeness (QED) is 0.373. The SMILES string of the molecule is Cc1ccc(-n2c(SCC(=O)Nc3ccccc3F)nc3cc(C)[nH]c3c2=O)cc1. The van der Waals surface area contributed by atoms with Gasteiger partial charge in [0.1, 0.15) is 11.3 Å². The van der Waals surface area contributed by atoms with Crippen LogP contribution in [0.2, 0.25) is 0 Å². The van der Waals surface area contributed by atoms with Crippen molar-refractivity contribution >= 4 is 34.4 Å². The van der Waals surface area contributed by atoms with Crippen LogP contribution in [0.25, 0.3) is 16.7 Å². The van der Waals surface area contributed by atoms with E-state index >= 15 is 0 Å². The summed E-state index contributed by atoms with van der Waals surface area (Å²) in [6, 6.07) is 15.3. The number of rotatable bonds is 5. The summed E-state index contributed by atoms with van der Waals surface area (Å²) >= 11 is 1.12. The highest BCUT2D eigenvalue weighted by Crippen LogP contribution is 2.22. The molecule has 0 aliphatic rings. The number of aromatic amines is 1. The van der Waals surface area contributed by atoms with Crippen molar-refractivity contribution in [3.8, 4) is 5.69 Å². The maximum atomic E-state index is 13.8. The van der Waals surface area contributed by atoms with Gasteiger partial charge in [0.2, 0.25) is 5.91 Å². The number of aryl methyl sites for hydroxylation is 2. The fraction of sp³-hybridized carbons (Fsp3) is 0.136. The Morgan fingerprint density at radius 3 is 2.63 bits per heavy atom. The lowest BCUT2D eigenvalue weighted by atomic mass is 10.2. The summed E-state index contributed by atoms with van der Waals surface area (Å²) in [7, 11) is 0. The van der Waals surface area contributed by atoms with Crippen LogP contribution in [0.4, 0.5) is 10.1 Å². The van der Waals surface area contributed by atoms with Gasteiger partial charge >= 0.3 is 0 Å². The monoisotopic (exact) mass is 422 g/mol. The van der Waals surface area contributed by atoms with E-state index in [9.17, 15) is 14.0 Å². The minimum absolute atomic E-state index is 0.0262. The molecule has 2 aromatic heterocycles. The lowest BCUT2D eigenvalue weighted by Crippen LogP contribution is -2.23. The van der Waals surface area contributed by atoms with Crippen molar-refractivity contribution in [2.24, 2.45) is 0 Å². The van der Waals surface area contributed by atoms with Crippen molar-refractivity contribution in [2.45, 2.75) is 19.0 Å². The molecule has 0 aliphatic carbocycles. The molecular weight excluding hydrogens is 403 g/mol. The summed E-state index contributed by atoms with van der Waals surface area (Å²) in [4.78, 5) is 33.2. The fourth-order valence-electron chi connectivity index (χ4n) is 3.07. The number of nitrogens with zero attached hydrogens (tertiary/aromatic N) is 2. The molecule has 0 spiro atoms. The Labute approximate surface area is 176 Å². The average molecular weight is 422 g/mol. The molecule has 2 heterocycles. The summed E-state index contributed by atoms with van der Waals surface area (Å²) in [5.74, 6) is -0.920. The van der Waals surface area contributed by atoms with Crippen LogP contribution in [0, 0.1) is 19.7 Å². The Hall–Kier alpha value is -3.39. The van der Waals surface area contributed by atoms with E-state index in [2.05, 4.69) is 15.3 Å². The number of fused-ring (bicyclic) bond motifs is 1. The van der Waals surface area contributed by atoms with Gasteiger partial charge in [0.25, 0.3) is 5.56 Å². The third-order valence-corrected chi connectivity index (χ3v) is 5.47. The molecular formula is C22H19FN4O2S. The third-order valence-electron chi connectivity index (χ3n) is 4.53. The number of H-pyrrole nitrogens is 1. The molecule has 0 unspecified atom stereocenters. The van der Waals surface area contributed by atoms with E-state index in [4.69, 9.17) is 0 Å². The Kier molecular flexibility index (Phi) is 5.41. The molecule has 1 amide bonds. The van der Waals surface area contributed by atoms with E-state index in [0.29, 0.717) is 21.9 Å². The van der Waals surface area contributed by atoms with Crippen LogP contribution in [-0.2, 0) is 4.79 Å². The lowest BCUT2D eigenvalue weighted by molar-refractivity contribution is -0.113. The van der Waals surface area contributed by atoms with Crippen molar-refractivity contribution in [3.05, 3.63) is 82.0 Å². The van der Waals surface area contributed by atoms with Gasteiger partial charge in [-0.05, 0) is 44.2 Å². The molecule has 0 atom stereocenters. The fourth-order valence-corrected chi connectivity index (χ4v) is 3.89. The first kappa shape index (κ1) is 19.9. The summed E-state index contributed by atoms with van der Waals surface area (Å²) < 4.78 is 15.3. The zero-order valence-corrected chi connectivity index (χ0v) is 17.2. The Morgan fingerprint density at radius 2 is 1.90 bits per heavy atom. The first-order valence-corrected chi connectivity index (χ1v) is 10.3. The van der Waals surface area contributed by atoms with E-state index in [-0.39, 0.29) is 22.9 Å². The first-order chi connectivity index (χ1) is 14.4. The summed E-state index contributed by atoms with van der Waals surface area (Å²) in [6.45, 7) is 3.82. The number of nitrogens with one attached hydrogen (secondary N) is 2. The highest BCUT2D eigenvalue weighted by atomic mass is 32.2. The molecule has 0 aliphatic heterocycles. The largest absolute Gasteiger partial charge is 0.353 e. The van der Waals surface area contributed by atoms with Crippen molar-refractivity contribution < 1.29 is 9.18 Å². The van der Waals surface area contributed by atoms with E-state index in [1.165, 1.54) is 16.7 Å². The van der Waals surface area contributed by atoms with Gasteiger partial charge in [-0.3, -0.25) is 14.2 Å². The number of halogens is 1. The van der Waals surface area contributed by atoms with Gasteiger partial charge in [-0.25, -0.2) is 9.37 Å². The zero-order valence-electron chi connectivity index (χ0n) is 16.4. The molecule has 2 N–H and O–H groups in total. The van der Waals surface area contributed by atoms with Crippen LogP contribution < -0.4 is 10.9 Å². The van der Waals surface area contributed by atoms with Gasteiger partial charge in [-0.15, -0.1) is 0 Å². The lowest BCUT2D eigenvalue weighted by Gasteiger charge is -2.12. The van der Waals surface area contributed by atoms with Crippen molar-refractivity contribution in [2.75, 3.05) is 11.1 Å². The number of benzene rings is 2. The Balaban J connectivity index is 1.68. The molecule has 0 saturated carbocycles. The zero-order chi connectivity index (χ0) is 21.3. The van der Waals surface area contributed by atoms with Crippen LogP contribution in [0.1, 0.15) is 11.3 Å². The van der Waals surface area contributed by atoms with E-state index in [0.717, 1.165) is 23.0 Å². The highest BCUT2D eigenvalue weighted by Gasteiger charge is 2.16. The summed E-state index contributed by atoms with van der Waals surface area (Å²) in [5.41, 5.74) is 3.37. The molecule has 4 rings (SSSR count). The van der Waals surface area contributed by atoms with Gasteiger partial charge in [0.15, 0.2) is 5.16 Å². The van der Waals surface area contributed by atoms with Crippen LogP contribution in [0.3, 0.4) is 0 Å². The second-order valence-corrected chi connectivity index (χ2v) is 7.84. The maximum absolute atomic E-state index is 13.8. The Bertz CT molecular complexity index is 1290. The van der Waals surface area contributed by atoms with Crippen LogP contribution in [0.5, 0.6) is 0 Å². The summed E-state index contributed by atoms with van der Waals surface area (Å²) in [6.07, 6.45) is 0. The number of hydrogen-bond acceptors (Lipinski definition) is 4. The van der Waals surface area contributed by atoms with Gasteiger partial charge < -0.3 is 10.3 Å². The van der Waals surface area contributed by atoms with Crippen molar-refractivity contribution in [3.63, 3.8) is 0 Å². The molecule has 8 heteroatoms. The van der Waals surface area contributed by atoms with E-state index in [1.807, 2.05) is 38.1 Å². The first-order valence-electron chi connectivity index (χ1n) is 9.29. The van der Waals surface area contributed by atoms with Gasteiger partial charge in [-0.2, -0.15) is 0 Å². The molecule has 0 bridgehead atoms. The molecule has 0 radical (unpaired) electrons. The van der Waals surface area contributed by atoms with Gasteiger partial charge in [0, 0.05) is 5.69 Å². The molecule has 2 aromatic carbocycles. The summed E-state index contributed by atoms with van der Waals surface area (Å²) in [5, 5.41) is 2.93. The van der Waals surface area contributed by atoms with Gasteiger partial charge in [0.05, 0.1) is 22.6 Å². The molecule has 0 saturated heterocycles. The molecule has 152 valence electrons. The predicted molar refractivity (Wildman–Crippen MR) is 117 cm³/mol. The van der Waals surface area contributed by atoms with Crippen molar-refractivity contribution in [1.82, 2.24) is 14.5 Å².